The van der Waals surface area contributed by atoms with E-state index in [1.165, 1.54) is 0 Å². The van der Waals surface area contributed by atoms with Gasteiger partial charge in [-0.2, -0.15) is 13.7 Å². The van der Waals surface area contributed by atoms with E-state index in [4.69, 9.17) is 4.18 Å². The molecule has 0 amide bonds. The van der Waals surface area contributed by atoms with Crippen LogP contribution in [0.4, 0.5) is 5.69 Å². The highest BCUT2D eigenvalue weighted by Crippen LogP contribution is 2.34. The maximum atomic E-state index is 11.4. The van der Waals surface area contributed by atoms with E-state index in [2.05, 4.69) is 11.0 Å². The van der Waals surface area contributed by atoms with Gasteiger partial charge in [-0.3, -0.25) is 4.18 Å². The summed E-state index contributed by atoms with van der Waals surface area (Å²) in [5.41, 5.74) is 1.65. The second-order valence-corrected chi connectivity index (χ2v) is 7.45. The predicted molar refractivity (Wildman–Crippen MR) is 89.8 cm³/mol. The minimum absolute atomic E-state index is 0.0546. The molecule has 1 fully saturated rings. The standard InChI is InChI=1S/C17H18N2O3S/c1-12-17(22-23(2,20)21)9-10-19(12)16-8-7-13(11-18)14-5-3-4-6-15(14)16/h3-8,12,17H,9-10H2,1-2H3/t12-,17+/m0/s1. The number of hydrogen-bond donors (Lipinski definition) is 0. The molecule has 0 radical (unpaired) electrons. The second kappa shape index (κ2) is 5.84. The van der Waals surface area contributed by atoms with Gasteiger partial charge in [0.1, 0.15) is 0 Å². The van der Waals surface area contributed by atoms with Gasteiger partial charge < -0.3 is 4.90 Å². The highest BCUT2D eigenvalue weighted by Gasteiger charge is 2.34. The van der Waals surface area contributed by atoms with Crippen LogP contribution in [0.15, 0.2) is 36.4 Å². The maximum Gasteiger partial charge on any atom is 0.264 e. The number of nitrogens with zero attached hydrogens (tertiary/aromatic N) is 2. The van der Waals surface area contributed by atoms with E-state index in [0.717, 1.165) is 29.3 Å². The average Bonchev–Trinajstić information content (AvgIpc) is 2.85. The van der Waals surface area contributed by atoms with Gasteiger partial charge >= 0.3 is 0 Å². The fourth-order valence-electron chi connectivity index (χ4n) is 3.24. The van der Waals surface area contributed by atoms with Gasteiger partial charge in [0.05, 0.1) is 30.0 Å². The molecular weight excluding hydrogens is 312 g/mol. The molecule has 0 saturated carbocycles. The van der Waals surface area contributed by atoms with Crippen LogP contribution in [0.1, 0.15) is 18.9 Å². The summed E-state index contributed by atoms with van der Waals surface area (Å²) in [6, 6.07) is 13.7. The maximum absolute atomic E-state index is 11.4. The molecule has 1 aliphatic heterocycles. The Bertz CT molecular complexity index is 886. The lowest BCUT2D eigenvalue weighted by Gasteiger charge is -2.27. The molecule has 6 heteroatoms. The lowest BCUT2D eigenvalue weighted by molar-refractivity contribution is 0.206. The Hall–Kier alpha value is -2.10. The molecule has 0 bridgehead atoms. The van der Waals surface area contributed by atoms with Crippen molar-refractivity contribution in [1.29, 1.82) is 5.26 Å². The Morgan fingerprint density at radius 3 is 2.57 bits per heavy atom. The van der Waals surface area contributed by atoms with Gasteiger partial charge in [0, 0.05) is 23.0 Å². The lowest BCUT2D eigenvalue weighted by atomic mass is 10.0. The van der Waals surface area contributed by atoms with Gasteiger partial charge in [-0.1, -0.05) is 24.3 Å². The Morgan fingerprint density at radius 2 is 1.91 bits per heavy atom. The zero-order valence-electron chi connectivity index (χ0n) is 13.1. The third kappa shape index (κ3) is 3.03. The van der Waals surface area contributed by atoms with Crippen LogP contribution < -0.4 is 4.90 Å². The number of hydrogen-bond acceptors (Lipinski definition) is 5. The first-order valence-electron chi connectivity index (χ1n) is 7.47. The summed E-state index contributed by atoms with van der Waals surface area (Å²) >= 11 is 0. The second-order valence-electron chi connectivity index (χ2n) is 5.85. The van der Waals surface area contributed by atoms with E-state index >= 15 is 0 Å². The Morgan fingerprint density at radius 1 is 1.22 bits per heavy atom. The molecule has 5 nitrogen and oxygen atoms in total. The smallest absolute Gasteiger partial charge is 0.264 e. The molecule has 3 rings (SSSR count). The van der Waals surface area contributed by atoms with Crippen LogP contribution in [0.5, 0.6) is 0 Å². The number of fused-ring (bicyclic) bond motifs is 1. The normalized spacial score (nSPS) is 21.5. The van der Waals surface area contributed by atoms with Crippen molar-refractivity contribution in [2.75, 3.05) is 17.7 Å². The topological polar surface area (TPSA) is 70.4 Å². The first-order chi connectivity index (χ1) is 10.9. The molecule has 23 heavy (non-hydrogen) atoms. The van der Waals surface area contributed by atoms with Gasteiger partial charge in [-0.05, 0) is 25.5 Å². The van der Waals surface area contributed by atoms with Crippen molar-refractivity contribution < 1.29 is 12.6 Å². The molecule has 0 unspecified atom stereocenters. The van der Waals surface area contributed by atoms with Gasteiger partial charge in [0.2, 0.25) is 0 Å². The number of benzene rings is 2. The van der Waals surface area contributed by atoms with Crippen molar-refractivity contribution in [1.82, 2.24) is 0 Å². The third-order valence-electron chi connectivity index (χ3n) is 4.31. The molecule has 1 saturated heterocycles. The summed E-state index contributed by atoms with van der Waals surface area (Å²) in [4.78, 5) is 2.15. The molecule has 1 aliphatic rings. The third-order valence-corrected chi connectivity index (χ3v) is 4.91. The fourth-order valence-corrected chi connectivity index (χ4v) is 3.94. The molecule has 0 spiro atoms. The highest BCUT2D eigenvalue weighted by molar-refractivity contribution is 7.86. The Labute approximate surface area is 136 Å². The van der Waals surface area contributed by atoms with E-state index in [1.807, 2.05) is 43.3 Å². The highest BCUT2D eigenvalue weighted by atomic mass is 32.2. The minimum atomic E-state index is -3.47. The Kier molecular flexibility index (Phi) is 4.00. The van der Waals surface area contributed by atoms with E-state index in [9.17, 15) is 13.7 Å². The van der Waals surface area contributed by atoms with E-state index in [1.54, 1.807) is 0 Å². The summed E-state index contributed by atoms with van der Waals surface area (Å²) in [5.74, 6) is 0. The van der Waals surface area contributed by atoms with Crippen LogP contribution >= 0.6 is 0 Å². The summed E-state index contributed by atoms with van der Waals surface area (Å²) in [6.07, 6.45) is 1.39. The van der Waals surface area contributed by atoms with Crippen molar-refractivity contribution >= 4 is 26.6 Å². The molecule has 2 aromatic rings. The van der Waals surface area contributed by atoms with Crippen LogP contribution in [-0.4, -0.2) is 33.4 Å². The monoisotopic (exact) mass is 330 g/mol. The minimum Gasteiger partial charge on any atom is -0.366 e. The van der Waals surface area contributed by atoms with Crippen LogP contribution in [0.3, 0.4) is 0 Å². The molecular formula is C17H18N2O3S. The van der Waals surface area contributed by atoms with Gasteiger partial charge in [-0.25, -0.2) is 0 Å². The summed E-state index contributed by atoms with van der Waals surface area (Å²) in [5, 5.41) is 11.2. The molecule has 0 aromatic heterocycles. The van der Waals surface area contributed by atoms with Crippen molar-refractivity contribution in [2.24, 2.45) is 0 Å². The van der Waals surface area contributed by atoms with Crippen LogP contribution in [0.2, 0.25) is 0 Å². The summed E-state index contributed by atoms with van der Waals surface area (Å²) in [7, 11) is -3.47. The lowest BCUT2D eigenvalue weighted by Crippen LogP contribution is -2.34. The number of anilines is 1. The van der Waals surface area contributed by atoms with Gasteiger partial charge in [0.25, 0.3) is 10.1 Å². The van der Waals surface area contributed by atoms with Crippen molar-refractivity contribution in [2.45, 2.75) is 25.5 Å². The van der Waals surface area contributed by atoms with Crippen LogP contribution in [0.25, 0.3) is 10.8 Å². The zero-order chi connectivity index (χ0) is 16.6. The van der Waals surface area contributed by atoms with Gasteiger partial charge in [0.15, 0.2) is 0 Å². The quantitative estimate of drug-likeness (QED) is 0.809. The van der Waals surface area contributed by atoms with Crippen molar-refractivity contribution in [3.63, 3.8) is 0 Å². The number of nitriles is 1. The first kappa shape index (κ1) is 15.8. The van der Waals surface area contributed by atoms with Crippen LogP contribution in [-0.2, 0) is 14.3 Å². The fraction of sp³-hybridized carbons (Fsp3) is 0.353. The summed E-state index contributed by atoms with van der Waals surface area (Å²) in [6.45, 7) is 2.69. The molecule has 120 valence electrons. The predicted octanol–water partition coefficient (Wildman–Crippen LogP) is 2.65. The molecule has 2 atom stereocenters. The van der Waals surface area contributed by atoms with Crippen molar-refractivity contribution in [3.05, 3.63) is 42.0 Å². The van der Waals surface area contributed by atoms with E-state index in [0.29, 0.717) is 12.0 Å². The molecule has 0 N–H and O–H groups in total. The van der Waals surface area contributed by atoms with E-state index in [-0.39, 0.29) is 12.1 Å². The summed E-state index contributed by atoms with van der Waals surface area (Å²) < 4.78 is 28.0. The number of rotatable bonds is 3. The Balaban J connectivity index is 2.01. The first-order valence-corrected chi connectivity index (χ1v) is 9.29. The average molecular weight is 330 g/mol. The molecule has 1 heterocycles. The zero-order valence-corrected chi connectivity index (χ0v) is 13.9. The van der Waals surface area contributed by atoms with Gasteiger partial charge in [-0.15, -0.1) is 0 Å². The molecule has 0 aliphatic carbocycles. The largest absolute Gasteiger partial charge is 0.366 e. The van der Waals surface area contributed by atoms with Crippen molar-refractivity contribution in [3.8, 4) is 6.07 Å². The molecule has 2 aromatic carbocycles. The van der Waals surface area contributed by atoms with Crippen LogP contribution in [0, 0.1) is 11.3 Å². The SMILES string of the molecule is C[C@H]1[C@H](OS(C)(=O)=O)CCN1c1ccc(C#N)c2ccccc12. The van der Waals surface area contributed by atoms with E-state index < -0.39 is 10.1 Å².